The molecule has 0 aromatic carbocycles. The first-order chi connectivity index (χ1) is 9.18. The highest BCUT2D eigenvalue weighted by Crippen LogP contribution is 2.52. The van der Waals surface area contributed by atoms with E-state index in [9.17, 15) is 0 Å². The summed E-state index contributed by atoms with van der Waals surface area (Å²) in [7, 11) is -1.68. The summed E-state index contributed by atoms with van der Waals surface area (Å²) < 4.78 is 9.00. The minimum Gasteiger partial charge on any atom is -0.413 e. The summed E-state index contributed by atoms with van der Waals surface area (Å²) in [6.45, 7) is 14.1. The molecular weight excluding hydrogens is 375 g/mol. The van der Waals surface area contributed by atoms with E-state index in [1.54, 1.807) is 0 Å². The lowest BCUT2D eigenvalue weighted by Crippen LogP contribution is -2.51. The number of hydrogen-bond acceptors (Lipinski definition) is 1. The van der Waals surface area contributed by atoms with Gasteiger partial charge in [-0.05, 0) is 53.3 Å². The van der Waals surface area contributed by atoms with Crippen LogP contribution >= 0.6 is 22.6 Å². The molecule has 0 radical (unpaired) electrons. The second-order valence-electron chi connectivity index (χ2n) is 7.93. The molecule has 118 valence electrons. The minimum absolute atomic E-state index is 0.302. The first kappa shape index (κ1) is 18.7. The molecule has 3 heteroatoms. The number of halogens is 1. The summed E-state index contributed by atoms with van der Waals surface area (Å²) >= 11 is 2.33. The maximum absolute atomic E-state index is 6.85. The van der Waals surface area contributed by atoms with E-state index in [1.165, 1.54) is 32.1 Å². The Morgan fingerprint density at radius 2 is 1.90 bits per heavy atom. The average Bonchev–Trinajstić information content (AvgIpc) is 2.27. The van der Waals surface area contributed by atoms with E-state index in [-0.39, 0.29) is 0 Å². The smallest absolute Gasteiger partial charge is 0.192 e. The van der Waals surface area contributed by atoms with Gasteiger partial charge in [-0.25, -0.2) is 0 Å². The van der Waals surface area contributed by atoms with E-state index in [4.69, 9.17) is 4.43 Å². The Hall–Kier alpha value is 0.647. The zero-order chi connectivity index (χ0) is 15.4. The summed E-state index contributed by atoms with van der Waals surface area (Å²) in [4.78, 5) is 0. The largest absolute Gasteiger partial charge is 0.413 e. The van der Waals surface area contributed by atoms with Crippen LogP contribution in [0.4, 0.5) is 0 Å². The summed E-state index contributed by atoms with van der Waals surface area (Å²) in [5.41, 5.74) is 0.473. The van der Waals surface area contributed by atoms with Crippen LogP contribution in [0.15, 0.2) is 10.2 Å². The van der Waals surface area contributed by atoms with Gasteiger partial charge in [-0.2, -0.15) is 0 Å². The van der Waals surface area contributed by atoms with Crippen molar-refractivity contribution >= 4 is 30.9 Å². The van der Waals surface area contributed by atoms with Crippen molar-refractivity contribution in [2.24, 2.45) is 5.41 Å². The molecule has 0 bridgehead atoms. The van der Waals surface area contributed by atoms with Crippen LogP contribution < -0.4 is 0 Å². The van der Waals surface area contributed by atoms with Gasteiger partial charge in [0.05, 0.1) is 6.10 Å². The summed E-state index contributed by atoms with van der Waals surface area (Å²) in [5, 5.41) is 0.302. The van der Waals surface area contributed by atoms with Crippen LogP contribution in [0.25, 0.3) is 0 Å². The summed E-state index contributed by atoms with van der Waals surface area (Å²) in [6.07, 6.45) is 10.6. The van der Waals surface area contributed by atoms with E-state index in [0.717, 1.165) is 6.42 Å². The Morgan fingerprint density at radius 1 is 1.30 bits per heavy atom. The van der Waals surface area contributed by atoms with Gasteiger partial charge in [0, 0.05) is 0 Å². The third kappa shape index (κ3) is 4.32. The molecule has 1 nitrogen and oxygen atoms in total. The molecule has 0 aliphatic heterocycles. The van der Waals surface area contributed by atoms with Crippen molar-refractivity contribution in [1.29, 1.82) is 0 Å². The molecule has 0 aromatic heterocycles. The van der Waals surface area contributed by atoms with Crippen molar-refractivity contribution in [3.63, 3.8) is 0 Å². The molecule has 0 spiro atoms. The highest BCUT2D eigenvalue weighted by atomic mass is 127. The van der Waals surface area contributed by atoms with Gasteiger partial charge in [0.15, 0.2) is 8.32 Å². The Morgan fingerprint density at radius 3 is 2.25 bits per heavy atom. The molecule has 1 aliphatic rings. The Bertz CT molecular complexity index is 326. The molecule has 0 amide bonds. The molecule has 0 aromatic rings. The molecule has 1 saturated carbocycles. The fraction of sp³-hybridized carbons (Fsp3) is 0.882. The van der Waals surface area contributed by atoms with Gasteiger partial charge < -0.3 is 4.43 Å². The van der Waals surface area contributed by atoms with E-state index < -0.39 is 8.32 Å². The van der Waals surface area contributed by atoms with Crippen LogP contribution in [0.5, 0.6) is 0 Å². The Kier molecular flexibility index (Phi) is 6.80. The summed E-state index contributed by atoms with van der Waals surface area (Å²) in [5.74, 6) is 0. The summed E-state index contributed by atoms with van der Waals surface area (Å²) in [6, 6.07) is 0. The molecule has 0 unspecified atom stereocenters. The van der Waals surface area contributed by atoms with Crippen molar-refractivity contribution in [1.82, 2.24) is 0 Å². The number of rotatable bonds is 7. The second kappa shape index (κ2) is 7.27. The predicted octanol–water partition coefficient (Wildman–Crippen LogP) is 6.69. The van der Waals surface area contributed by atoms with Gasteiger partial charge in [-0.3, -0.25) is 0 Å². The molecule has 0 heterocycles. The van der Waals surface area contributed by atoms with Crippen molar-refractivity contribution in [3.05, 3.63) is 10.2 Å². The van der Waals surface area contributed by atoms with E-state index in [2.05, 4.69) is 73.5 Å². The third-order valence-electron chi connectivity index (χ3n) is 5.46. The fourth-order valence-electron chi connectivity index (χ4n) is 2.99. The maximum atomic E-state index is 6.85. The molecule has 1 rings (SSSR count). The van der Waals surface area contributed by atoms with Gasteiger partial charge in [-0.1, -0.05) is 69.2 Å². The SMILES string of the molecule is CCCC1([C@H](C/C=C/I)O[Si](C)(C)C(C)(C)C)CCC1. The van der Waals surface area contributed by atoms with Gasteiger partial charge in [-0.15, -0.1) is 0 Å². The van der Waals surface area contributed by atoms with Gasteiger partial charge in [0.1, 0.15) is 0 Å². The van der Waals surface area contributed by atoms with Crippen LogP contribution in [0, 0.1) is 5.41 Å². The highest BCUT2D eigenvalue weighted by molar-refractivity contribution is 14.1. The highest BCUT2D eigenvalue weighted by Gasteiger charge is 2.48. The van der Waals surface area contributed by atoms with Crippen molar-refractivity contribution in [2.45, 2.75) is 90.5 Å². The minimum atomic E-state index is -1.68. The number of hydrogen-bond donors (Lipinski definition) is 0. The van der Waals surface area contributed by atoms with Crippen LogP contribution in [-0.4, -0.2) is 14.4 Å². The molecule has 0 N–H and O–H groups in total. The zero-order valence-corrected chi connectivity index (χ0v) is 17.4. The molecule has 1 fully saturated rings. The lowest BCUT2D eigenvalue weighted by molar-refractivity contribution is -0.0313. The third-order valence-corrected chi connectivity index (χ3v) is 10.5. The molecule has 0 saturated heterocycles. The van der Waals surface area contributed by atoms with E-state index in [0.29, 0.717) is 16.6 Å². The maximum Gasteiger partial charge on any atom is 0.192 e. The standard InChI is InChI=1S/C17H33IOSi/c1-7-11-17(12-9-13-17)15(10-8-14-18)19-20(5,6)16(2,3)4/h8,14-15H,7,9-13H2,1-6H3/b14-8+/t15-/m0/s1. The van der Waals surface area contributed by atoms with Crippen LogP contribution in [0.1, 0.15) is 66.2 Å². The van der Waals surface area contributed by atoms with Crippen LogP contribution in [0.3, 0.4) is 0 Å². The molecular formula is C17H33IOSi. The quantitative estimate of drug-likeness (QED) is 0.337. The van der Waals surface area contributed by atoms with Crippen molar-refractivity contribution in [2.75, 3.05) is 0 Å². The normalized spacial score (nSPS) is 20.9. The molecule has 1 atom stereocenters. The van der Waals surface area contributed by atoms with E-state index in [1.807, 2.05) is 0 Å². The zero-order valence-electron chi connectivity index (χ0n) is 14.3. The van der Waals surface area contributed by atoms with E-state index >= 15 is 0 Å². The first-order valence-electron chi connectivity index (χ1n) is 8.11. The average molecular weight is 408 g/mol. The van der Waals surface area contributed by atoms with Gasteiger partial charge >= 0.3 is 0 Å². The Labute approximate surface area is 141 Å². The topological polar surface area (TPSA) is 9.23 Å². The second-order valence-corrected chi connectivity index (χ2v) is 13.4. The molecule has 1 aliphatic carbocycles. The lowest BCUT2D eigenvalue weighted by atomic mass is 9.62. The Balaban J connectivity index is 2.89. The fourth-order valence-corrected chi connectivity index (χ4v) is 4.70. The lowest BCUT2D eigenvalue weighted by Gasteiger charge is -2.51. The first-order valence-corrected chi connectivity index (χ1v) is 12.3. The van der Waals surface area contributed by atoms with Gasteiger partial charge in [0.2, 0.25) is 0 Å². The monoisotopic (exact) mass is 408 g/mol. The van der Waals surface area contributed by atoms with Crippen LogP contribution in [-0.2, 0) is 4.43 Å². The van der Waals surface area contributed by atoms with Crippen molar-refractivity contribution < 1.29 is 4.43 Å². The van der Waals surface area contributed by atoms with Crippen LogP contribution in [0.2, 0.25) is 18.1 Å². The molecule has 20 heavy (non-hydrogen) atoms. The van der Waals surface area contributed by atoms with Crippen molar-refractivity contribution in [3.8, 4) is 0 Å². The van der Waals surface area contributed by atoms with Gasteiger partial charge in [0.25, 0.3) is 0 Å². The predicted molar refractivity (Wildman–Crippen MR) is 101 cm³/mol.